The number of carbonyl (C=O) groups is 2. The Morgan fingerprint density at radius 2 is 0.771 bits per heavy atom. The molecule has 0 aliphatic rings. The van der Waals surface area contributed by atoms with Crippen LogP contribution in [0, 0.1) is 0 Å². The Morgan fingerprint density at radius 1 is 0.479 bits per heavy atom. The summed E-state index contributed by atoms with van der Waals surface area (Å²) in [5, 5.41) is -2.35. The normalized spacial score (nSPS) is 12.8. The number of hydrogen-bond donors (Lipinski definition) is 4. The molecule has 4 N–H and O–H groups in total. The lowest BCUT2D eigenvalue weighted by molar-refractivity contribution is -0.159. The minimum atomic E-state index is -5.23. The number of rotatable bonds is 35. The molecule has 0 aromatic carbocycles. The lowest BCUT2D eigenvalue weighted by Crippen LogP contribution is -2.29. The molecule has 0 spiro atoms. The Labute approximate surface area is 292 Å². The van der Waals surface area contributed by atoms with Gasteiger partial charge in [0.05, 0.1) is 0 Å². The van der Waals surface area contributed by atoms with Gasteiger partial charge in [0.2, 0.25) is 0 Å². The highest BCUT2D eigenvalue weighted by atomic mass is 31.2. The Bertz CT molecular complexity index is 851. The summed E-state index contributed by atoms with van der Waals surface area (Å²) in [4.78, 5) is 63.2. The van der Waals surface area contributed by atoms with Crippen LogP contribution in [0.4, 0.5) is 0 Å². The third-order valence-electron chi connectivity index (χ3n) is 8.95. The van der Waals surface area contributed by atoms with Crippen molar-refractivity contribution in [3.05, 3.63) is 0 Å². The summed E-state index contributed by atoms with van der Waals surface area (Å²) in [5.74, 6) is -1.19. The molecule has 12 heteroatoms. The lowest BCUT2D eigenvalue weighted by Gasteiger charge is -2.25. The predicted molar refractivity (Wildman–Crippen MR) is 194 cm³/mol. The van der Waals surface area contributed by atoms with E-state index >= 15 is 0 Å². The number of hydrogen-bond acceptors (Lipinski definition) is 6. The summed E-state index contributed by atoms with van der Waals surface area (Å²) in [5.41, 5.74) is 0. The predicted octanol–water partition coefficient (Wildman–Crippen LogP) is 10.5. The van der Waals surface area contributed by atoms with Crippen molar-refractivity contribution in [2.75, 3.05) is 6.61 Å². The van der Waals surface area contributed by atoms with Crippen LogP contribution < -0.4 is 0 Å². The highest BCUT2D eigenvalue weighted by Gasteiger charge is 2.45. The Balaban J connectivity index is 4.40. The van der Waals surface area contributed by atoms with Crippen molar-refractivity contribution >= 4 is 27.1 Å². The van der Waals surface area contributed by atoms with Gasteiger partial charge < -0.3 is 29.0 Å². The molecule has 0 heterocycles. The number of ether oxygens (including phenoxy) is 2. The first-order valence-electron chi connectivity index (χ1n) is 19.4. The zero-order valence-electron chi connectivity index (χ0n) is 30.5. The van der Waals surface area contributed by atoms with Gasteiger partial charge in [-0.1, -0.05) is 168 Å². The second-order valence-corrected chi connectivity index (χ2v) is 17.7. The molecule has 0 radical (unpaired) electrons. The molecule has 1 unspecified atom stereocenters. The fourth-order valence-electron chi connectivity index (χ4n) is 5.93. The van der Waals surface area contributed by atoms with Gasteiger partial charge in [0, 0.05) is 19.3 Å². The Morgan fingerprint density at radius 3 is 1.08 bits per heavy atom. The Kier molecular flexibility index (Phi) is 30.5. The van der Waals surface area contributed by atoms with Crippen molar-refractivity contribution in [2.45, 2.75) is 212 Å². The van der Waals surface area contributed by atoms with E-state index in [1.807, 2.05) is 0 Å². The lowest BCUT2D eigenvalue weighted by atomic mass is 10.0. The smallest absolute Gasteiger partial charge is 0.340 e. The van der Waals surface area contributed by atoms with Crippen LogP contribution in [0.1, 0.15) is 200 Å². The van der Waals surface area contributed by atoms with Gasteiger partial charge in [0.1, 0.15) is 12.7 Å². The van der Waals surface area contributed by atoms with Crippen LogP contribution >= 0.6 is 15.2 Å². The van der Waals surface area contributed by atoms with Crippen molar-refractivity contribution < 1.29 is 47.8 Å². The molecule has 0 aliphatic heterocycles. The standard InChI is InChI=1S/C36H72O10P2/c1-3-5-7-9-11-13-15-17-19-21-23-25-27-29-34(37)45-32-33(31-36(47(39,40)41)48(42,43)44)46-35(38)30-28-26-24-22-20-18-16-14-12-10-8-6-4-2/h33,36H,3-32H2,1-2H3,(H2,39,40,41)(H2,42,43,44). The maximum Gasteiger partial charge on any atom is 0.340 e. The van der Waals surface area contributed by atoms with Gasteiger partial charge in [0.15, 0.2) is 5.40 Å². The van der Waals surface area contributed by atoms with E-state index in [1.165, 1.54) is 109 Å². The first kappa shape index (κ1) is 47.2. The average molecular weight is 727 g/mol. The van der Waals surface area contributed by atoms with E-state index in [9.17, 15) is 38.3 Å². The zero-order valence-corrected chi connectivity index (χ0v) is 32.3. The largest absolute Gasteiger partial charge is 0.462 e. The summed E-state index contributed by atoms with van der Waals surface area (Å²) in [6, 6.07) is 0. The van der Waals surface area contributed by atoms with Crippen LogP contribution in [-0.2, 0) is 28.2 Å². The summed E-state index contributed by atoms with van der Waals surface area (Å²) in [6.07, 6.45) is 28.2. The fourth-order valence-corrected chi connectivity index (χ4v) is 8.52. The maximum absolute atomic E-state index is 12.5. The molecule has 0 fully saturated rings. The second-order valence-electron chi connectivity index (χ2n) is 13.7. The second kappa shape index (κ2) is 31.0. The fraction of sp³-hybridized carbons (Fsp3) is 0.944. The molecule has 48 heavy (non-hydrogen) atoms. The van der Waals surface area contributed by atoms with Crippen molar-refractivity contribution in [1.82, 2.24) is 0 Å². The van der Waals surface area contributed by atoms with E-state index in [4.69, 9.17) is 9.47 Å². The quantitative estimate of drug-likeness (QED) is 0.0280. The first-order chi connectivity index (χ1) is 22.9. The molecule has 0 bridgehead atoms. The van der Waals surface area contributed by atoms with Gasteiger partial charge in [-0.15, -0.1) is 0 Å². The van der Waals surface area contributed by atoms with E-state index in [0.717, 1.165) is 44.9 Å². The summed E-state index contributed by atoms with van der Waals surface area (Å²) in [7, 11) is -10.5. The molecule has 0 aromatic heterocycles. The van der Waals surface area contributed by atoms with Gasteiger partial charge in [-0.05, 0) is 12.8 Å². The van der Waals surface area contributed by atoms with Crippen LogP contribution in [0.25, 0.3) is 0 Å². The highest BCUT2D eigenvalue weighted by molar-refractivity contribution is 7.70. The van der Waals surface area contributed by atoms with Crippen molar-refractivity contribution in [1.29, 1.82) is 0 Å². The van der Waals surface area contributed by atoms with E-state index in [1.54, 1.807) is 0 Å². The van der Waals surface area contributed by atoms with E-state index in [0.29, 0.717) is 12.8 Å². The third kappa shape index (κ3) is 30.1. The van der Waals surface area contributed by atoms with Crippen LogP contribution in [0.5, 0.6) is 0 Å². The molecule has 0 aliphatic carbocycles. The molecular formula is C36H72O10P2. The molecule has 286 valence electrons. The van der Waals surface area contributed by atoms with E-state index in [2.05, 4.69) is 13.8 Å². The molecule has 0 aromatic rings. The van der Waals surface area contributed by atoms with Gasteiger partial charge in [-0.3, -0.25) is 18.7 Å². The molecule has 0 saturated heterocycles. The van der Waals surface area contributed by atoms with Crippen LogP contribution in [0.15, 0.2) is 0 Å². The van der Waals surface area contributed by atoms with Gasteiger partial charge in [0.25, 0.3) is 0 Å². The summed E-state index contributed by atoms with van der Waals surface area (Å²) < 4.78 is 34.3. The molecule has 1 atom stereocenters. The summed E-state index contributed by atoms with van der Waals surface area (Å²) in [6.45, 7) is 3.93. The molecule has 0 rings (SSSR count). The van der Waals surface area contributed by atoms with Crippen molar-refractivity contribution in [3.63, 3.8) is 0 Å². The number of carbonyl (C=O) groups excluding carboxylic acids is 2. The van der Waals surface area contributed by atoms with E-state index < -0.39 is 51.7 Å². The average Bonchev–Trinajstić information content (AvgIpc) is 3.01. The van der Waals surface area contributed by atoms with Gasteiger partial charge in [-0.25, -0.2) is 0 Å². The molecule has 0 amide bonds. The highest BCUT2D eigenvalue weighted by Crippen LogP contribution is 2.61. The number of unbranched alkanes of at least 4 members (excludes halogenated alkanes) is 24. The molecule has 10 nitrogen and oxygen atoms in total. The third-order valence-corrected chi connectivity index (χ3v) is 12.7. The number of esters is 2. The first-order valence-corrected chi connectivity index (χ1v) is 22.7. The summed E-state index contributed by atoms with van der Waals surface area (Å²) >= 11 is 0. The minimum absolute atomic E-state index is 0.0671. The SMILES string of the molecule is CCCCCCCCCCCCCCCC(=O)OCC(CC(P(=O)(O)O)P(=O)(O)O)OC(=O)CCCCCCCCCCCCCCC. The molecular weight excluding hydrogens is 654 g/mol. The maximum atomic E-state index is 12.5. The van der Waals surface area contributed by atoms with Crippen LogP contribution in [0.2, 0.25) is 0 Å². The Hall–Kier alpha value is -0.760. The monoisotopic (exact) mass is 726 g/mol. The van der Waals surface area contributed by atoms with Gasteiger partial charge >= 0.3 is 27.1 Å². The molecule has 0 saturated carbocycles. The van der Waals surface area contributed by atoms with Crippen molar-refractivity contribution in [2.24, 2.45) is 0 Å². The van der Waals surface area contributed by atoms with Crippen LogP contribution in [0.3, 0.4) is 0 Å². The topological polar surface area (TPSA) is 168 Å². The zero-order chi connectivity index (χ0) is 35.9. The van der Waals surface area contributed by atoms with E-state index in [-0.39, 0.29) is 12.8 Å². The van der Waals surface area contributed by atoms with Gasteiger partial charge in [-0.2, -0.15) is 0 Å². The minimum Gasteiger partial charge on any atom is -0.462 e. The van der Waals surface area contributed by atoms with Crippen molar-refractivity contribution in [3.8, 4) is 0 Å². The van der Waals surface area contributed by atoms with Crippen LogP contribution in [-0.4, -0.2) is 49.6 Å².